The molecule has 0 aliphatic carbocycles. The maximum absolute atomic E-state index is 11.4. The molecule has 0 bridgehead atoms. The van der Waals surface area contributed by atoms with E-state index < -0.39 is 6.04 Å². The van der Waals surface area contributed by atoms with Crippen molar-refractivity contribution in [3.8, 4) is 11.5 Å². The molecule has 1 aromatic rings. The first kappa shape index (κ1) is 16.3. The molecule has 0 spiro atoms. The van der Waals surface area contributed by atoms with Crippen molar-refractivity contribution in [3.63, 3.8) is 0 Å². The second kappa shape index (κ2) is 8.43. The molecule has 3 N–H and O–H groups in total. The average Bonchev–Trinajstić information content (AvgIpc) is 2.45. The minimum Gasteiger partial charge on any atom is -0.493 e. The standard InChI is InChI=1S/C15H24N2O3/c1-4-5-8-20-13-7-6-12(9-14(13)19-3)10-17-15(18)11(2)16/h6-7,9,11H,4-5,8,10,16H2,1-3H3,(H,17,18). The maximum atomic E-state index is 11.4. The molecule has 112 valence electrons. The van der Waals surface area contributed by atoms with Crippen molar-refractivity contribution in [2.24, 2.45) is 5.73 Å². The van der Waals surface area contributed by atoms with Crippen LogP contribution < -0.4 is 20.5 Å². The Labute approximate surface area is 120 Å². The van der Waals surface area contributed by atoms with Crippen molar-refractivity contribution in [1.29, 1.82) is 0 Å². The second-order valence-electron chi connectivity index (χ2n) is 4.69. The third kappa shape index (κ3) is 5.09. The molecule has 1 atom stereocenters. The highest BCUT2D eigenvalue weighted by molar-refractivity contribution is 5.80. The lowest BCUT2D eigenvalue weighted by atomic mass is 10.2. The maximum Gasteiger partial charge on any atom is 0.236 e. The van der Waals surface area contributed by atoms with E-state index in [4.69, 9.17) is 15.2 Å². The van der Waals surface area contributed by atoms with E-state index in [0.717, 1.165) is 24.2 Å². The molecule has 5 nitrogen and oxygen atoms in total. The summed E-state index contributed by atoms with van der Waals surface area (Å²) in [5.74, 6) is 1.23. The molecule has 1 aromatic carbocycles. The van der Waals surface area contributed by atoms with Crippen LogP contribution in [0.2, 0.25) is 0 Å². The van der Waals surface area contributed by atoms with E-state index in [9.17, 15) is 4.79 Å². The molecule has 0 saturated carbocycles. The van der Waals surface area contributed by atoms with Crippen molar-refractivity contribution < 1.29 is 14.3 Å². The number of ether oxygens (including phenoxy) is 2. The van der Waals surface area contributed by atoms with Crippen molar-refractivity contribution in [1.82, 2.24) is 5.32 Å². The third-order valence-corrected chi connectivity index (χ3v) is 2.86. The predicted molar refractivity (Wildman–Crippen MR) is 78.9 cm³/mol. The van der Waals surface area contributed by atoms with Crippen LogP contribution in [-0.4, -0.2) is 25.7 Å². The predicted octanol–water partition coefficient (Wildman–Crippen LogP) is 1.84. The van der Waals surface area contributed by atoms with Gasteiger partial charge in [-0.3, -0.25) is 4.79 Å². The minimum atomic E-state index is -0.506. The number of carbonyl (C=O) groups excluding carboxylic acids is 1. The lowest BCUT2D eigenvalue weighted by Crippen LogP contribution is -2.37. The van der Waals surface area contributed by atoms with Gasteiger partial charge in [-0.25, -0.2) is 0 Å². The van der Waals surface area contributed by atoms with Gasteiger partial charge in [-0.15, -0.1) is 0 Å². The van der Waals surface area contributed by atoms with E-state index in [2.05, 4.69) is 12.2 Å². The molecule has 0 radical (unpaired) electrons. The SMILES string of the molecule is CCCCOc1ccc(CNC(=O)C(C)N)cc1OC. The Balaban J connectivity index is 2.64. The first-order valence-electron chi connectivity index (χ1n) is 6.91. The van der Waals surface area contributed by atoms with Crippen LogP contribution in [0.1, 0.15) is 32.3 Å². The minimum absolute atomic E-state index is 0.174. The average molecular weight is 280 g/mol. The Morgan fingerprint density at radius 1 is 1.40 bits per heavy atom. The molecule has 0 heterocycles. The highest BCUT2D eigenvalue weighted by Gasteiger charge is 2.09. The molecule has 5 heteroatoms. The topological polar surface area (TPSA) is 73.6 Å². The van der Waals surface area contributed by atoms with E-state index in [-0.39, 0.29) is 5.91 Å². The van der Waals surface area contributed by atoms with Crippen LogP contribution >= 0.6 is 0 Å². The van der Waals surface area contributed by atoms with E-state index in [1.54, 1.807) is 14.0 Å². The molecule has 1 amide bonds. The summed E-state index contributed by atoms with van der Waals surface area (Å²) in [4.78, 5) is 11.4. The highest BCUT2D eigenvalue weighted by Crippen LogP contribution is 2.28. The molecular weight excluding hydrogens is 256 g/mol. The molecule has 1 unspecified atom stereocenters. The molecule has 0 saturated heterocycles. The van der Waals surface area contributed by atoms with Gasteiger partial charge < -0.3 is 20.5 Å². The van der Waals surface area contributed by atoms with Crippen LogP contribution in [0.25, 0.3) is 0 Å². The zero-order valence-corrected chi connectivity index (χ0v) is 12.4. The summed E-state index contributed by atoms with van der Waals surface area (Å²) >= 11 is 0. The number of nitrogens with two attached hydrogens (primary N) is 1. The van der Waals surface area contributed by atoms with Crippen molar-refractivity contribution >= 4 is 5.91 Å². The van der Waals surface area contributed by atoms with Gasteiger partial charge in [0.2, 0.25) is 5.91 Å². The first-order valence-corrected chi connectivity index (χ1v) is 6.91. The second-order valence-corrected chi connectivity index (χ2v) is 4.69. The van der Waals surface area contributed by atoms with Crippen LogP contribution in [0.4, 0.5) is 0 Å². The van der Waals surface area contributed by atoms with E-state index in [0.29, 0.717) is 18.9 Å². The molecule has 0 aliphatic rings. The number of unbranched alkanes of at least 4 members (excludes halogenated alkanes) is 1. The molecule has 0 aromatic heterocycles. The Morgan fingerprint density at radius 2 is 2.15 bits per heavy atom. The fraction of sp³-hybridized carbons (Fsp3) is 0.533. The Kier molecular flexibility index (Phi) is 6.87. The number of methoxy groups -OCH3 is 1. The van der Waals surface area contributed by atoms with Crippen LogP contribution in [0, 0.1) is 0 Å². The summed E-state index contributed by atoms with van der Waals surface area (Å²) in [6, 6.07) is 5.13. The van der Waals surface area contributed by atoms with E-state index >= 15 is 0 Å². The Hall–Kier alpha value is -1.75. The van der Waals surface area contributed by atoms with E-state index in [1.165, 1.54) is 0 Å². The van der Waals surface area contributed by atoms with Crippen molar-refractivity contribution in [3.05, 3.63) is 23.8 Å². The molecule has 20 heavy (non-hydrogen) atoms. The van der Waals surface area contributed by atoms with Crippen LogP contribution in [0.3, 0.4) is 0 Å². The summed E-state index contributed by atoms with van der Waals surface area (Å²) in [6.45, 7) is 4.87. The number of hydrogen-bond acceptors (Lipinski definition) is 4. The lowest BCUT2D eigenvalue weighted by Gasteiger charge is -2.13. The van der Waals surface area contributed by atoms with Gasteiger partial charge in [0.1, 0.15) is 0 Å². The van der Waals surface area contributed by atoms with Gasteiger partial charge in [0, 0.05) is 6.54 Å². The van der Waals surface area contributed by atoms with Crippen molar-refractivity contribution in [2.75, 3.05) is 13.7 Å². The summed E-state index contributed by atoms with van der Waals surface area (Å²) in [5, 5.41) is 2.76. The highest BCUT2D eigenvalue weighted by atomic mass is 16.5. The number of benzene rings is 1. The summed E-state index contributed by atoms with van der Waals surface area (Å²) in [5.41, 5.74) is 6.43. The lowest BCUT2D eigenvalue weighted by molar-refractivity contribution is -0.122. The van der Waals surface area contributed by atoms with Crippen LogP contribution in [-0.2, 0) is 11.3 Å². The van der Waals surface area contributed by atoms with Gasteiger partial charge in [0.15, 0.2) is 11.5 Å². The number of hydrogen-bond donors (Lipinski definition) is 2. The van der Waals surface area contributed by atoms with Gasteiger partial charge in [-0.05, 0) is 31.0 Å². The number of carbonyl (C=O) groups is 1. The smallest absolute Gasteiger partial charge is 0.236 e. The van der Waals surface area contributed by atoms with Gasteiger partial charge >= 0.3 is 0 Å². The Morgan fingerprint density at radius 3 is 2.75 bits per heavy atom. The summed E-state index contributed by atoms with van der Waals surface area (Å²) in [6.07, 6.45) is 2.10. The zero-order valence-electron chi connectivity index (χ0n) is 12.4. The Bertz CT molecular complexity index is 433. The van der Waals surface area contributed by atoms with Gasteiger partial charge in [0.05, 0.1) is 19.8 Å². The third-order valence-electron chi connectivity index (χ3n) is 2.86. The molecule has 0 aliphatic heterocycles. The van der Waals surface area contributed by atoms with Gasteiger partial charge in [0.25, 0.3) is 0 Å². The van der Waals surface area contributed by atoms with Crippen LogP contribution in [0.5, 0.6) is 11.5 Å². The van der Waals surface area contributed by atoms with Gasteiger partial charge in [-0.2, -0.15) is 0 Å². The fourth-order valence-corrected chi connectivity index (χ4v) is 1.62. The van der Waals surface area contributed by atoms with Crippen LogP contribution in [0.15, 0.2) is 18.2 Å². The number of rotatable bonds is 8. The summed E-state index contributed by atoms with van der Waals surface area (Å²) in [7, 11) is 1.60. The monoisotopic (exact) mass is 280 g/mol. The quantitative estimate of drug-likeness (QED) is 0.713. The number of nitrogens with one attached hydrogen (secondary N) is 1. The zero-order chi connectivity index (χ0) is 15.0. The molecule has 0 fully saturated rings. The van der Waals surface area contributed by atoms with Crippen molar-refractivity contribution in [2.45, 2.75) is 39.3 Å². The van der Waals surface area contributed by atoms with E-state index in [1.807, 2.05) is 18.2 Å². The first-order chi connectivity index (χ1) is 9.58. The normalized spacial score (nSPS) is 11.8. The summed E-state index contributed by atoms with van der Waals surface area (Å²) < 4.78 is 11.0. The fourth-order valence-electron chi connectivity index (χ4n) is 1.62. The van der Waals surface area contributed by atoms with Gasteiger partial charge in [-0.1, -0.05) is 19.4 Å². The largest absolute Gasteiger partial charge is 0.493 e. The molecular formula is C15H24N2O3. The molecule has 1 rings (SSSR count). The number of amides is 1.